The third-order valence-corrected chi connectivity index (χ3v) is 4.58. The highest BCUT2D eigenvalue weighted by atomic mass is 79.9. The van der Waals surface area contributed by atoms with E-state index in [1.54, 1.807) is 0 Å². The molecule has 1 N–H and O–H groups in total. The number of hydrogen-bond acceptors (Lipinski definition) is 2. The van der Waals surface area contributed by atoms with E-state index in [1.807, 2.05) is 11.8 Å². The molecule has 20 heavy (non-hydrogen) atoms. The zero-order valence-electron chi connectivity index (χ0n) is 12.1. The Kier molecular flexibility index (Phi) is 5.70. The largest absolute Gasteiger partial charge is 0.310 e. The van der Waals surface area contributed by atoms with Crippen LogP contribution in [0.4, 0.5) is 0 Å². The van der Waals surface area contributed by atoms with Crippen molar-refractivity contribution in [1.29, 1.82) is 0 Å². The average molecular weight is 350 g/mol. The Labute approximate surface area is 134 Å². The first-order valence-electron chi connectivity index (χ1n) is 6.81. The van der Waals surface area contributed by atoms with Crippen LogP contribution in [0.3, 0.4) is 0 Å². The highest BCUT2D eigenvalue weighted by Crippen LogP contribution is 2.32. The fraction of sp³-hybridized carbons (Fsp3) is 0.294. The Morgan fingerprint density at radius 2 is 1.80 bits per heavy atom. The van der Waals surface area contributed by atoms with E-state index < -0.39 is 0 Å². The van der Waals surface area contributed by atoms with E-state index in [2.05, 4.69) is 84.5 Å². The first kappa shape index (κ1) is 15.6. The van der Waals surface area contributed by atoms with E-state index >= 15 is 0 Å². The van der Waals surface area contributed by atoms with Crippen molar-refractivity contribution in [3.8, 4) is 0 Å². The first-order chi connectivity index (χ1) is 9.54. The standard InChI is InChI=1S/C17H20BrNS/c1-12(2)19-11-14-6-7-15(18)10-17(14)20-16-8-4-13(3)5-9-16/h4-10,12,19H,11H2,1-3H3. The Bertz CT molecular complexity index is 564. The SMILES string of the molecule is Cc1ccc(Sc2cc(Br)ccc2CNC(C)C)cc1. The maximum Gasteiger partial charge on any atom is 0.0219 e. The van der Waals surface area contributed by atoms with E-state index in [-0.39, 0.29) is 0 Å². The number of rotatable bonds is 5. The van der Waals surface area contributed by atoms with Gasteiger partial charge in [-0.2, -0.15) is 0 Å². The molecule has 0 heterocycles. The molecule has 0 aliphatic heterocycles. The van der Waals surface area contributed by atoms with Crippen LogP contribution in [0, 0.1) is 6.92 Å². The predicted octanol–water partition coefficient (Wildman–Crippen LogP) is 5.41. The zero-order chi connectivity index (χ0) is 14.5. The Morgan fingerprint density at radius 1 is 1.10 bits per heavy atom. The second-order valence-electron chi connectivity index (χ2n) is 5.20. The van der Waals surface area contributed by atoms with Gasteiger partial charge < -0.3 is 5.32 Å². The number of benzene rings is 2. The van der Waals surface area contributed by atoms with Crippen molar-refractivity contribution in [2.24, 2.45) is 0 Å². The molecular formula is C17H20BrNS. The summed E-state index contributed by atoms with van der Waals surface area (Å²) >= 11 is 5.39. The topological polar surface area (TPSA) is 12.0 Å². The van der Waals surface area contributed by atoms with Gasteiger partial charge in [0, 0.05) is 26.9 Å². The van der Waals surface area contributed by atoms with Crippen molar-refractivity contribution in [2.75, 3.05) is 0 Å². The number of nitrogens with one attached hydrogen (secondary N) is 1. The van der Waals surface area contributed by atoms with Crippen LogP contribution in [-0.2, 0) is 6.54 Å². The van der Waals surface area contributed by atoms with E-state index in [9.17, 15) is 0 Å². The van der Waals surface area contributed by atoms with Gasteiger partial charge in [-0.15, -0.1) is 0 Å². The maximum atomic E-state index is 3.57. The first-order valence-corrected chi connectivity index (χ1v) is 8.42. The molecule has 0 atom stereocenters. The molecule has 0 aromatic heterocycles. The van der Waals surface area contributed by atoms with Crippen molar-refractivity contribution in [3.63, 3.8) is 0 Å². The number of halogens is 1. The lowest BCUT2D eigenvalue weighted by molar-refractivity contribution is 0.584. The van der Waals surface area contributed by atoms with Crippen LogP contribution in [-0.4, -0.2) is 6.04 Å². The Balaban J connectivity index is 2.20. The van der Waals surface area contributed by atoms with Crippen LogP contribution in [0.1, 0.15) is 25.0 Å². The van der Waals surface area contributed by atoms with Gasteiger partial charge in [-0.25, -0.2) is 0 Å². The summed E-state index contributed by atoms with van der Waals surface area (Å²) in [6, 6.07) is 15.7. The van der Waals surface area contributed by atoms with Crippen LogP contribution in [0.15, 0.2) is 56.7 Å². The smallest absolute Gasteiger partial charge is 0.0219 e. The summed E-state index contributed by atoms with van der Waals surface area (Å²) in [5.74, 6) is 0. The predicted molar refractivity (Wildman–Crippen MR) is 91.4 cm³/mol. The zero-order valence-corrected chi connectivity index (χ0v) is 14.5. The molecule has 2 rings (SSSR count). The van der Waals surface area contributed by atoms with Gasteiger partial charge in [-0.05, 0) is 36.8 Å². The molecule has 0 bridgehead atoms. The lowest BCUT2D eigenvalue weighted by atomic mass is 10.2. The van der Waals surface area contributed by atoms with Gasteiger partial charge in [0.25, 0.3) is 0 Å². The van der Waals surface area contributed by atoms with Crippen LogP contribution in [0.25, 0.3) is 0 Å². The Morgan fingerprint density at radius 3 is 2.45 bits per heavy atom. The maximum absolute atomic E-state index is 3.57. The molecule has 0 saturated heterocycles. The summed E-state index contributed by atoms with van der Waals surface area (Å²) in [6.07, 6.45) is 0. The molecule has 0 saturated carbocycles. The lowest BCUT2D eigenvalue weighted by Crippen LogP contribution is -2.22. The molecule has 0 spiro atoms. The summed E-state index contributed by atoms with van der Waals surface area (Å²) in [5.41, 5.74) is 2.64. The van der Waals surface area contributed by atoms with Gasteiger partial charge in [0.1, 0.15) is 0 Å². The summed E-state index contributed by atoms with van der Waals surface area (Å²) in [4.78, 5) is 2.58. The molecule has 0 amide bonds. The molecule has 2 aromatic rings. The van der Waals surface area contributed by atoms with Crippen molar-refractivity contribution in [1.82, 2.24) is 5.32 Å². The Hall–Kier alpha value is -0.770. The quantitative estimate of drug-likeness (QED) is 0.774. The fourth-order valence-corrected chi connectivity index (χ4v) is 3.31. The minimum absolute atomic E-state index is 0.496. The summed E-state index contributed by atoms with van der Waals surface area (Å²) in [6.45, 7) is 7.36. The molecule has 3 heteroatoms. The molecule has 0 fully saturated rings. The molecule has 0 aliphatic carbocycles. The van der Waals surface area contributed by atoms with E-state index in [4.69, 9.17) is 0 Å². The molecular weight excluding hydrogens is 330 g/mol. The van der Waals surface area contributed by atoms with E-state index in [1.165, 1.54) is 20.9 Å². The summed E-state index contributed by atoms with van der Waals surface area (Å²) in [7, 11) is 0. The second kappa shape index (κ2) is 7.30. The minimum atomic E-state index is 0.496. The molecule has 106 valence electrons. The van der Waals surface area contributed by atoms with Gasteiger partial charge in [0.15, 0.2) is 0 Å². The van der Waals surface area contributed by atoms with E-state index in [0.29, 0.717) is 6.04 Å². The van der Waals surface area contributed by atoms with Crippen molar-refractivity contribution in [3.05, 3.63) is 58.1 Å². The third-order valence-electron chi connectivity index (χ3n) is 2.98. The minimum Gasteiger partial charge on any atom is -0.310 e. The highest BCUT2D eigenvalue weighted by Gasteiger charge is 2.06. The molecule has 2 aromatic carbocycles. The van der Waals surface area contributed by atoms with Crippen molar-refractivity contribution < 1.29 is 0 Å². The summed E-state index contributed by atoms with van der Waals surface area (Å²) < 4.78 is 1.13. The molecule has 0 radical (unpaired) electrons. The van der Waals surface area contributed by atoms with Gasteiger partial charge in [-0.1, -0.05) is 65.3 Å². The van der Waals surface area contributed by atoms with Crippen LogP contribution < -0.4 is 5.32 Å². The number of hydrogen-bond donors (Lipinski definition) is 1. The van der Waals surface area contributed by atoms with Crippen LogP contribution in [0.2, 0.25) is 0 Å². The molecule has 0 unspecified atom stereocenters. The highest BCUT2D eigenvalue weighted by molar-refractivity contribution is 9.10. The fourth-order valence-electron chi connectivity index (χ4n) is 1.82. The lowest BCUT2D eigenvalue weighted by Gasteiger charge is -2.13. The van der Waals surface area contributed by atoms with Crippen LogP contribution >= 0.6 is 27.7 Å². The normalized spacial score (nSPS) is 11.1. The van der Waals surface area contributed by atoms with Gasteiger partial charge in [-0.3, -0.25) is 0 Å². The van der Waals surface area contributed by atoms with Gasteiger partial charge >= 0.3 is 0 Å². The average Bonchev–Trinajstić information content (AvgIpc) is 2.40. The second-order valence-corrected chi connectivity index (χ2v) is 7.23. The third kappa shape index (κ3) is 4.65. The van der Waals surface area contributed by atoms with Crippen LogP contribution in [0.5, 0.6) is 0 Å². The number of aryl methyl sites for hydroxylation is 1. The molecule has 1 nitrogen and oxygen atoms in total. The van der Waals surface area contributed by atoms with E-state index in [0.717, 1.165) is 11.0 Å². The monoisotopic (exact) mass is 349 g/mol. The molecule has 0 aliphatic rings. The van der Waals surface area contributed by atoms with Gasteiger partial charge in [0.2, 0.25) is 0 Å². The van der Waals surface area contributed by atoms with Crippen molar-refractivity contribution in [2.45, 2.75) is 43.1 Å². The summed E-state index contributed by atoms with van der Waals surface area (Å²) in [5, 5.41) is 3.49. The van der Waals surface area contributed by atoms with Crippen molar-refractivity contribution >= 4 is 27.7 Å². The van der Waals surface area contributed by atoms with Gasteiger partial charge in [0.05, 0.1) is 0 Å².